The van der Waals surface area contributed by atoms with Gasteiger partial charge in [0, 0.05) is 42.9 Å². The number of pyridine rings is 1. The summed E-state index contributed by atoms with van der Waals surface area (Å²) in [5, 5.41) is 6.34. The van der Waals surface area contributed by atoms with Crippen molar-refractivity contribution in [1.29, 1.82) is 0 Å². The average molecular weight is 454 g/mol. The first-order valence-electron chi connectivity index (χ1n) is 8.46. The van der Waals surface area contributed by atoms with E-state index in [0.717, 1.165) is 23.4 Å². The van der Waals surface area contributed by atoms with Crippen molar-refractivity contribution in [3.8, 4) is 0 Å². The van der Waals surface area contributed by atoms with Crippen LogP contribution in [0, 0.1) is 6.92 Å². The minimum Gasteiger partial charge on any atom is -0.360 e. The Hall–Kier alpha value is -2.07. The van der Waals surface area contributed by atoms with Crippen LogP contribution in [-0.4, -0.2) is 64.5 Å². The molecule has 2 amide bonds. The molecule has 3 rings (SSSR count). The van der Waals surface area contributed by atoms with Gasteiger partial charge in [-0.05, 0) is 35.0 Å². The number of anilines is 2. The Bertz CT molecular complexity index is 790. The van der Waals surface area contributed by atoms with Crippen LogP contribution in [0.1, 0.15) is 5.76 Å². The van der Waals surface area contributed by atoms with E-state index >= 15 is 0 Å². The Morgan fingerprint density at radius 3 is 2.67 bits per heavy atom. The third-order valence-corrected chi connectivity index (χ3v) is 5.41. The highest BCUT2D eigenvalue weighted by Crippen LogP contribution is 2.17. The topological polar surface area (TPSA) is 91.6 Å². The number of carbonyl (C=O) groups excluding carboxylic acids is 2. The second-order valence-electron chi connectivity index (χ2n) is 6.07. The molecule has 1 aliphatic rings. The van der Waals surface area contributed by atoms with E-state index in [1.165, 1.54) is 11.8 Å². The molecule has 0 aromatic carbocycles. The lowest BCUT2D eigenvalue weighted by Crippen LogP contribution is -2.49. The number of aryl methyl sites for hydroxylation is 1. The highest BCUT2D eigenvalue weighted by molar-refractivity contribution is 9.10. The van der Waals surface area contributed by atoms with Crippen LogP contribution in [0.4, 0.5) is 11.6 Å². The fourth-order valence-corrected chi connectivity index (χ4v) is 3.62. The van der Waals surface area contributed by atoms with Crippen molar-refractivity contribution < 1.29 is 14.1 Å². The molecule has 1 fully saturated rings. The van der Waals surface area contributed by atoms with Gasteiger partial charge in [0.05, 0.1) is 11.5 Å². The van der Waals surface area contributed by atoms with Crippen LogP contribution in [0.25, 0.3) is 0 Å². The predicted molar refractivity (Wildman–Crippen MR) is 108 cm³/mol. The summed E-state index contributed by atoms with van der Waals surface area (Å²) in [4.78, 5) is 32.6. The number of piperazine rings is 1. The number of aromatic nitrogens is 2. The first-order chi connectivity index (χ1) is 13.0. The second kappa shape index (κ2) is 9.23. The Morgan fingerprint density at radius 2 is 2.04 bits per heavy atom. The molecule has 0 unspecified atom stereocenters. The number of hydrogen-bond donors (Lipinski definition) is 1. The quantitative estimate of drug-likeness (QED) is 0.715. The molecule has 2 aromatic heterocycles. The molecule has 2 aromatic rings. The highest BCUT2D eigenvalue weighted by atomic mass is 79.9. The van der Waals surface area contributed by atoms with Crippen molar-refractivity contribution in [2.75, 3.05) is 47.9 Å². The van der Waals surface area contributed by atoms with E-state index in [1.54, 1.807) is 19.2 Å². The molecule has 0 spiro atoms. The maximum absolute atomic E-state index is 12.3. The SMILES string of the molecule is Cc1cc(NC(=O)CSCC(=O)N2CCN(c3ccc(Br)cn3)CC2)no1. The zero-order valence-electron chi connectivity index (χ0n) is 14.9. The smallest absolute Gasteiger partial charge is 0.235 e. The molecule has 1 N–H and O–H groups in total. The fourth-order valence-electron chi connectivity index (χ4n) is 2.67. The van der Waals surface area contributed by atoms with E-state index in [1.807, 2.05) is 17.0 Å². The average Bonchev–Trinajstić information content (AvgIpc) is 3.07. The van der Waals surface area contributed by atoms with E-state index in [2.05, 4.69) is 36.3 Å². The molecule has 10 heteroatoms. The number of hydrogen-bond acceptors (Lipinski definition) is 7. The number of amides is 2. The van der Waals surface area contributed by atoms with Gasteiger partial charge in [-0.2, -0.15) is 0 Å². The van der Waals surface area contributed by atoms with Gasteiger partial charge in [-0.3, -0.25) is 9.59 Å². The molecular formula is C17H20BrN5O3S. The number of nitrogens with one attached hydrogen (secondary N) is 1. The molecule has 0 radical (unpaired) electrons. The summed E-state index contributed by atoms with van der Waals surface area (Å²) < 4.78 is 5.84. The minimum absolute atomic E-state index is 0.0495. The molecule has 1 saturated heterocycles. The molecule has 0 bridgehead atoms. The monoisotopic (exact) mass is 453 g/mol. The van der Waals surface area contributed by atoms with Crippen LogP contribution >= 0.6 is 27.7 Å². The van der Waals surface area contributed by atoms with Crippen LogP contribution < -0.4 is 10.2 Å². The number of rotatable bonds is 6. The highest BCUT2D eigenvalue weighted by Gasteiger charge is 2.22. The zero-order chi connectivity index (χ0) is 19.2. The fraction of sp³-hybridized carbons (Fsp3) is 0.412. The van der Waals surface area contributed by atoms with Gasteiger partial charge in [0.1, 0.15) is 11.6 Å². The van der Waals surface area contributed by atoms with Crippen molar-refractivity contribution in [3.63, 3.8) is 0 Å². The summed E-state index contributed by atoms with van der Waals surface area (Å²) in [6.45, 7) is 4.56. The van der Waals surface area contributed by atoms with Crippen LogP contribution in [0.2, 0.25) is 0 Å². The van der Waals surface area contributed by atoms with Gasteiger partial charge < -0.3 is 19.6 Å². The first kappa shape index (κ1) is 19.7. The normalized spacial score (nSPS) is 14.3. The van der Waals surface area contributed by atoms with Gasteiger partial charge in [-0.15, -0.1) is 11.8 Å². The van der Waals surface area contributed by atoms with E-state index in [-0.39, 0.29) is 23.3 Å². The van der Waals surface area contributed by atoms with Crippen molar-refractivity contribution in [2.24, 2.45) is 0 Å². The van der Waals surface area contributed by atoms with E-state index in [4.69, 9.17) is 4.52 Å². The number of nitrogens with zero attached hydrogens (tertiary/aromatic N) is 4. The second-order valence-corrected chi connectivity index (χ2v) is 7.97. The molecule has 144 valence electrons. The minimum atomic E-state index is -0.202. The Balaban J connectivity index is 1.36. The van der Waals surface area contributed by atoms with Crippen molar-refractivity contribution >= 4 is 51.1 Å². The van der Waals surface area contributed by atoms with E-state index in [0.29, 0.717) is 24.7 Å². The summed E-state index contributed by atoms with van der Waals surface area (Å²) in [5.41, 5.74) is 0. The van der Waals surface area contributed by atoms with Crippen molar-refractivity contribution in [2.45, 2.75) is 6.92 Å². The van der Waals surface area contributed by atoms with Gasteiger partial charge in [-0.25, -0.2) is 4.98 Å². The van der Waals surface area contributed by atoms with E-state index < -0.39 is 0 Å². The summed E-state index contributed by atoms with van der Waals surface area (Å²) in [7, 11) is 0. The molecule has 0 atom stereocenters. The largest absolute Gasteiger partial charge is 0.360 e. The lowest BCUT2D eigenvalue weighted by Gasteiger charge is -2.35. The lowest BCUT2D eigenvalue weighted by atomic mass is 10.3. The van der Waals surface area contributed by atoms with Crippen LogP contribution in [0.3, 0.4) is 0 Å². The van der Waals surface area contributed by atoms with Gasteiger partial charge in [0.25, 0.3) is 0 Å². The molecule has 1 aliphatic heterocycles. The van der Waals surface area contributed by atoms with Crippen LogP contribution in [-0.2, 0) is 9.59 Å². The predicted octanol–water partition coefficient (Wildman–Crippen LogP) is 2.16. The van der Waals surface area contributed by atoms with E-state index in [9.17, 15) is 9.59 Å². The number of carbonyl (C=O) groups is 2. The van der Waals surface area contributed by atoms with Gasteiger partial charge in [-0.1, -0.05) is 5.16 Å². The van der Waals surface area contributed by atoms with Gasteiger partial charge >= 0.3 is 0 Å². The first-order valence-corrected chi connectivity index (χ1v) is 10.4. The summed E-state index contributed by atoms with van der Waals surface area (Å²) in [6, 6.07) is 5.57. The Labute approximate surface area is 169 Å². The molecule has 0 aliphatic carbocycles. The maximum Gasteiger partial charge on any atom is 0.235 e. The third-order valence-electron chi connectivity index (χ3n) is 4.02. The van der Waals surface area contributed by atoms with Gasteiger partial charge in [0.2, 0.25) is 11.8 Å². The number of halogens is 1. The van der Waals surface area contributed by atoms with Gasteiger partial charge in [0.15, 0.2) is 5.82 Å². The summed E-state index contributed by atoms with van der Waals surface area (Å²) in [5.74, 6) is 2.26. The molecule has 0 saturated carbocycles. The molecular weight excluding hydrogens is 434 g/mol. The lowest BCUT2D eigenvalue weighted by molar-refractivity contribution is -0.128. The zero-order valence-corrected chi connectivity index (χ0v) is 17.3. The summed E-state index contributed by atoms with van der Waals surface area (Å²) in [6.07, 6.45) is 1.77. The van der Waals surface area contributed by atoms with Crippen LogP contribution in [0.5, 0.6) is 0 Å². The number of thioether (sulfide) groups is 1. The standard InChI is InChI=1S/C17H20BrN5O3S/c1-12-8-14(21-26-12)20-16(24)10-27-11-17(25)23-6-4-22(5-7-23)15-3-2-13(18)9-19-15/h2-3,8-9H,4-7,10-11H2,1H3,(H,20,21,24). The van der Waals surface area contributed by atoms with Crippen molar-refractivity contribution in [3.05, 3.63) is 34.6 Å². The maximum atomic E-state index is 12.3. The van der Waals surface area contributed by atoms with Crippen molar-refractivity contribution in [1.82, 2.24) is 15.0 Å². The summed E-state index contributed by atoms with van der Waals surface area (Å²) >= 11 is 4.67. The Morgan fingerprint density at radius 1 is 1.26 bits per heavy atom. The molecule has 3 heterocycles. The van der Waals surface area contributed by atoms with Crippen LogP contribution in [0.15, 0.2) is 33.4 Å². The molecule has 8 nitrogen and oxygen atoms in total. The molecule has 27 heavy (non-hydrogen) atoms. The Kier molecular flexibility index (Phi) is 6.73. The third kappa shape index (κ3) is 5.70.